The third-order valence-corrected chi connectivity index (χ3v) is 4.35. The smallest absolute Gasteiger partial charge is 0.137 e. The summed E-state index contributed by atoms with van der Waals surface area (Å²) in [5.41, 5.74) is 0.999. The molecule has 1 aliphatic carbocycles. The van der Waals surface area contributed by atoms with Crippen LogP contribution in [0.15, 0.2) is 6.33 Å². The van der Waals surface area contributed by atoms with Gasteiger partial charge in [-0.1, -0.05) is 37.8 Å². The molecule has 0 amide bonds. The van der Waals surface area contributed by atoms with E-state index in [-0.39, 0.29) is 12.0 Å². The van der Waals surface area contributed by atoms with Crippen molar-refractivity contribution >= 4 is 17.4 Å². The second-order valence-corrected chi connectivity index (χ2v) is 5.82. The Labute approximate surface area is 119 Å². The van der Waals surface area contributed by atoms with Gasteiger partial charge in [-0.2, -0.15) is 0 Å². The molecule has 0 unspecified atom stereocenters. The van der Waals surface area contributed by atoms with Gasteiger partial charge in [0.25, 0.3) is 0 Å². The van der Waals surface area contributed by atoms with Crippen LogP contribution in [-0.2, 0) is 6.42 Å². The molecule has 0 radical (unpaired) electrons. The number of nitrogens with one attached hydrogen (secondary N) is 1. The Balaban J connectivity index is 2.08. The zero-order chi connectivity index (χ0) is 13.7. The highest BCUT2D eigenvalue weighted by Crippen LogP contribution is 2.38. The summed E-state index contributed by atoms with van der Waals surface area (Å²) in [6.45, 7) is 3.11. The van der Waals surface area contributed by atoms with Gasteiger partial charge in [0.1, 0.15) is 17.3 Å². The van der Waals surface area contributed by atoms with Gasteiger partial charge in [0.2, 0.25) is 0 Å². The molecule has 1 aromatic heterocycles. The van der Waals surface area contributed by atoms with Gasteiger partial charge in [-0.15, -0.1) is 0 Å². The van der Waals surface area contributed by atoms with E-state index in [1.807, 2.05) is 0 Å². The lowest BCUT2D eigenvalue weighted by Gasteiger charge is -2.27. The molecule has 0 aromatic carbocycles. The van der Waals surface area contributed by atoms with E-state index >= 15 is 0 Å². The minimum absolute atomic E-state index is 0.0148. The number of nitrogens with zero attached hydrogens (tertiary/aromatic N) is 2. The van der Waals surface area contributed by atoms with Crippen LogP contribution >= 0.6 is 11.6 Å². The predicted molar refractivity (Wildman–Crippen MR) is 77.5 cm³/mol. The highest BCUT2D eigenvalue weighted by Gasteiger charge is 2.33. The van der Waals surface area contributed by atoms with Crippen LogP contribution in [0.1, 0.15) is 44.6 Å². The molecule has 2 N–H and O–H groups in total. The standard InChI is InChI=1S/C14H22ClN3O/c1-2-5-11-12(15)17-10-18-13(11)16-8-14(9-19)6-3-4-7-14/h10,19H,2-9H2,1H3,(H,16,17,18). The van der Waals surface area contributed by atoms with Crippen molar-refractivity contribution in [3.63, 3.8) is 0 Å². The number of hydrogen-bond donors (Lipinski definition) is 2. The first kappa shape index (κ1) is 14.5. The molecule has 1 aliphatic rings. The number of anilines is 1. The second kappa shape index (κ2) is 6.53. The average Bonchev–Trinajstić information content (AvgIpc) is 2.89. The number of hydrogen-bond acceptors (Lipinski definition) is 4. The van der Waals surface area contributed by atoms with E-state index in [9.17, 15) is 5.11 Å². The first-order chi connectivity index (χ1) is 9.21. The zero-order valence-electron chi connectivity index (χ0n) is 11.5. The highest BCUT2D eigenvalue weighted by atomic mass is 35.5. The van der Waals surface area contributed by atoms with E-state index < -0.39 is 0 Å². The molecule has 1 saturated carbocycles. The van der Waals surface area contributed by atoms with Crippen molar-refractivity contribution in [1.29, 1.82) is 0 Å². The van der Waals surface area contributed by atoms with Gasteiger partial charge in [-0.3, -0.25) is 0 Å². The molecule has 0 aliphatic heterocycles. The SMILES string of the molecule is CCCc1c(Cl)ncnc1NCC1(CO)CCCC1. The van der Waals surface area contributed by atoms with Crippen molar-refractivity contribution in [3.05, 3.63) is 17.0 Å². The summed E-state index contributed by atoms with van der Waals surface area (Å²) >= 11 is 6.13. The molecular formula is C14H22ClN3O. The third kappa shape index (κ3) is 3.37. The maximum atomic E-state index is 9.62. The van der Waals surface area contributed by atoms with Gasteiger partial charge in [0.15, 0.2) is 0 Å². The van der Waals surface area contributed by atoms with Crippen molar-refractivity contribution in [3.8, 4) is 0 Å². The fourth-order valence-corrected chi connectivity index (χ4v) is 3.03. The molecule has 2 rings (SSSR count). The van der Waals surface area contributed by atoms with Crippen LogP contribution in [0, 0.1) is 5.41 Å². The lowest BCUT2D eigenvalue weighted by atomic mass is 9.87. The van der Waals surface area contributed by atoms with Crippen LogP contribution in [0.3, 0.4) is 0 Å². The van der Waals surface area contributed by atoms with Crippen molar-refractivity contribution in [2.75, 3.05) is 18.5 Å². The van der Waals surface area contributed by atoms with Gasteiger partial charge in [0, 0.05) is 17.5 Å². The lowest BCUT2D eigenvalue weighted by Crippen LogP contribution is -2.31. The summed E-state index contributed by atoms with van der Waals surface area (Å²) in [5.74, 6) is 0.821. The minimum Gasteiger partial charge on any atom is -0.396 e. The predicted octanol–water partition coefficient (Wildman–Crippen LogP) is 3.05. The molecule has 5 heteroatoms. The quantitative estimate of drug-likeness (QED) is 0.788. The molecule has 19 heavy (non-hydrogen) atoms. The lowest BCUT2D eigenvalue weighted by molar-refractivity contribution is 0.142. The maximum absolute atomic E-state index is 9.62. The van der Waals surface area contributed by atoms with E-state index in [0.29, 0.717) is 5.15 Å². The molecule has 106 valence electrons. The van der Waals surface area contributed by atoms with Crippen LogP contribution in [0.25, 0.3) is 0 Å². The average molecular weight is 284 g/mol. The summed E-state index contributed by atoms with van der Waals surface area (Å²) in [5, 5.41) is 13.5. The van der Waals surface area contributed by atoms with Crippen molar-refractivity contribution in [2.24, 2.45) is 5.41 Å². The largest absolute Gasteiger partial charge is 0.396 e. The molecule has 1 fully saturated rings. The molecular weight excluding hydrogens is 262 g/mol. The topological polar surface area (TPSA) is 58.0 Å². The highest BCUT2D eigenvalue weighted by molar-refractivity contribution is 6.30. The molecule has 0 saturated heterocycles. The van der Waals surface area contributed by atoms with Crippen LogP contribution in [0.2, 0.25) is 5.15 Å². The fraction of sp³-hybridized carbons (Fsp3) is 0.714. The second-order valence-electron chi connectivity index (χ2n) is 5.46. The van der Waals surface area contributed by atoms with Crippen molar-refractivity contribution in [1.82, 2.24) is 9.97 Å². The fourth-order valence-electron chi connectivity index (χ4n) is 2.80. The minimum atomic E-state index is 0.0148. The molecule has 4 nitrogen and oxygen atoms in total. The molecule has 0 spiro atoms. The third-order valence-electron chi connectivity index (χ3n) is 4.02. The molecule has 1 aromatic rings. The van der Waals surface area contributed by atoms with Gasteiger partial charge >= 0.3 is 0 Å². The Kier molecular flexibility index (Phi) is 4.99. The van der Waals surface area contributed by atoms with Gasteiger partial charge in [-0.05, 0) is 19.3 Å². The van der Waals surface area contributed by atoms with Crippen molar-refractivity contribution in [2.45, 2.75) is 45.4 Å². The Morgan fingerprint density at radius 1 is 1.37 bits per heavy atom. The van der Waals surface area contributed by atoms with E-state index in [4.69, 9.17) is 11.6 Å². The number of aliphatic hydroxyl groups excluding tert-OH is 1. The Morgan fingerprint density at radius 3 is 2.74 bits per heavy atom. The van der Waals surface area contributed by atoms with E-state index in [0.717, 1.165) is 43.6 Å². The Bertz CT molecular complexity index is 419. The van der Waals surface area contributed by atoms with Crippen LogP contribution in [0.4, 0.5) is 5.82 Å². The summed E-state index contributed by atoms with van der Waals surface area (Å²) in [7, 11) is 0. The molecule has 0 bridgehead atoms. The maximum Gasteiger partial charge on any atom is 0.137 e. The van der Waals surface area contributed by atoms with Gasteiger partial charge in [-0.25, -0.2) is 9.97 Å². The van der Waals surface area contributed by atoms with E-state index in [1.165, 1.54) is 19.2 Å². The number of aliphatic hydroxyl groups is 1. The normalized spacial score (nSPS) is 17.6. The first-order valence-electron chi connectivity index (χ1n) is 7.05. The summed E-state index contributed by atoms with van der Waals surface area (Å²) in [6, 6.07) is 0. The molecule has 0 atom stereocenters. The first-order valence-corrected chi connectivity index (χ1v) is 7.43. The van der Waals surface area contributed by atoms with Crippen LogP contribution < -0.4 is 5.32 Å². The van der Waals surface area contributed by atoms with Gasteiger partial charge in [0.05, 0.1) is 6.61 Å². The van der Waals surface area contributed by atoms with E-state index in [2.05, 4.69) is 22.2 Å². The summed E-state index contributed by atoms with van der Waals surface area (Å²) in [4.78, 5) is 8.34. The Hall–Kier alpha value is -0.870. The number of aromatic nitrogens is 2. The van der Waals surface area contributed by atoms with Crippen LogP contribution in [0.5, 0.6) is 0 Å². The number of rotatable bonds is 6. The van der Waals surface area contributed by atoms with E-state index in [1.54, 1.807) is 0 Å². The summed E-state index contributed by atoms with van der Waals surface area (Å²) in [6.07, 6.45) is 7.94. The van der Waals surface area contributed by atoms with Crippen molar-refractivity contribution < 1.29 is 5.11 Å². The zero-order valence-corrected chi connectivity index (χ0v) is 12.2. The van der Waals surface area contributed by atoms with Crippen LogP contribution in [-0.4, -0.2) is 28.2 Å². The summed E-state index contributed by atoms with van der Waals surface area (Å²) < 4.78 is 0. The van der Waals surface area contributed by atoms with Gasteiger partial charge < -0.3 is 10.4 Å². The monoisotopic (exact) mass is 283 g/mol. The Morgan fingerprint density at radius 2 is 2.11 bits per heavy atom. The number of halogens is 1. The molecule has 1 heterocycles.